The van der Waals surface area contributed by atoms with Gasteiger partial charge in [0.1, 0.15) is 6.61 Å². The van der Waals surface area contributed by atoms with Crippen LogP contribution in [-0.2, 0) is 4.74 Å². The number of hydrogen-bond donors (Lipinski definition) is 0. The molecule has 0 radical (unpaired) electrons. The van der Waals surface area contributed by atoms with Gasteiger partial charge < -0.3 is 4.74 Å². The van der Waals surface area contributed by atoms with E-state index in [-0.39, 0.29) is 0 Å². The van der Waals surface area contributed by atoms with Crippen LogP contribution >= 0.6 is 22.6 Å². The lowest BCUT2D eigenvalue weighted by Crippen LogP contribution is -1.84. The number of halogens is 1. The molecule has 44 valence electrons. The van der Waals surface area contributed by atoms with Crippen LogP contribution in [0.2, 0.25) is 0 Å². The number of rotatable bonds is 2. The van der Waals surface area contributed by atoms with Gasteiger partial charge in [0.2, 0.25) is 0 Å². The van der Waals surface area contributed by atoms with Crippen molar-refractivity contribution in [3.8, 4) is 9.85 Å². The van der Waals surface area contributed by atoms with Crippen molar-refractivity contribution in [1.82, 2.24) is 0 Å². The third-order valence-corrected chi connectivity index (χ3v) is 0.839. The summed E-state index contributed by atoms with van der Waals surface area (Å²) in [4.78, 5) is 0. The van der Waals surface area contributed by atoms with Crippen LogP contribution in [0.5, 0.6) is 0 Å². The summed E-state index contributed by atoms with van der Waals surface area (Å²) in [7, 11) is 0. The van der Waals surface area contributed by atoms with E-state index < -0.39 is 0 Å². The van der Waals surface area contributed by atoms with Gasteiger partial charge in [0.15, 0.2) is 0 Å². The first-order chi connectivity index (χ1) is 3.77. The van der Waals surface area contributed by atoms with Crippen LogP contribution in [0.1, 0.15) is 6.92 Å². The summed E-state index contributed by atoms with van der Waals surface area (Å²) in [6.07, 6.45) is 0. The van der Waals surface area contributed by atoms with Crippen molar-refractivity contribution < 1.29 is 4.74 Å². The fourth-order valence-electron chi connectivity index (χ4n) is 0.187. The zero-order chi connectivity index (χ0) is 6.41. The van der Waals surface area contributed by atoms with Gasteiger partial charge in [-0.1, -0.05) is 12.5 Å². The molecule has 0 N–H and O–H groups in total. The molecule has 0 amide bonds. The van der Waals surface area contributed by atoms with Gasteiger partial charge in [0.25, 0.3) is 0 Å². The Morgan fingerprint density at radius 2 is 2.50 bits per heavy atom. The van der Waals surface area contributed by atoms with E-state index in [4.69, 9.17) is 4.74 Å². The minimum atomic E-state index is 0.457. The summed E-state index contributed by atoms with van der Waals surface area (Å²) in [5.74, 6) is 3.45. The first-order valence-corrected chi connectivity index (χ1v) is 3.22. The number of ether oxygens (including phenoxy) is 1. The average molecular weight is 222 g/mol. The topological polar surface area (TPSA) is 9.23 Å². The van der Waals surface area contributed by atoms with Crippen LogP contribution in [0, 0.1) is 9.85 Å². The smallest absolute Gasteiger partial charge is 0.149 e. The Balaban J connectivity index is 3.14. The van der Waals surface area contributed by atoms with Crippen LogP contribution in [0.3, 0.4) is 0 Å². The highest BCUT2D eigenvalue weighted by Gasteiger charge is 1.76. The van der Waals surface area contributed by atoms with Crippen molar-refractivity contribution in [2.24, 2.45) is 0 Å². The summed E-state index contributed by atoms with van der Waals surface area (Å²) >= 11 is 1.96. The summed E-state index contributed by atoms with van der Waals surface area (Å²) in [6.45, 7) is 5.79. The van der Waals surface area contributed by atoms with Crippen LogP contribution in [0.15, 0.2) is 12.3 Å². The Hall–Kier alpha value is -0.170. The molecular weight excluding hydrogens is 215 g/mol. The molecule has 2 heteroatoms. The Bertz CT molecular complexity index is 129. The van der Waals surface area contributed by atoms with Crippen molar-refractivity contribution in [2.45, 2.75) is 6.92 Å². The molecule has 0 aliphatic rings. The molecule has 0 fully saturated rings. The Morgan fingerprint density at radius 3 is 2.88 bits per heavy atom. The van der Waals surface area contributed by atoms with Gasteiger partial charge in [-0.2, -0.15) is 0 Å². The molecule has 0 aliphatic heterocycles. The van der Waals surface area contributed by atoms with Crippen LogP contribution < -0.4 is 0 Å². The molecule has 0 saturated carbocycles. The van der Waals surface area contributed by atoms with Crippen molar-refractivity contribution in [3.05, 3.63) is 12.3 Å². The molecule has 0 heterocycles. The monoisotopic (exact) mass is 222 g/mol. The largest absolute Gasteiger partial charge is 0.486 e. The maximum atomic E-state index is 4.91. The van der Waals surface area contributed by atoms with Crippen molar-refractivity contribution >= 4 is 22.6 Å². The molecule has 0 aromatic carbocycles. The Labute approximate surface area is 63.2 Å². The molecule has 0 saturated heterocycles. The zero-order valence-corrected chi connectivity index (χ0v) is 6.86. The van der Waals surface area contributed by atoms with E-state index in [0.29, 0.717) is 12.4 Å². The number of hydrogen-bond acceptors (Lipinski definition) is 1. The van der Waals surface area contributed by atoms with E-state index in [2.05, 4.69) is 16.4 Å². The van der Waals surface area contributed by atoms with Crippen molar-refractivity contribution in [2.75, 3.05) is 6.61 Å². The van der Waals surface area contributed by atoms with Crippen LogP contribution in [0.4, 0.5) is 0 Å². The lowest BCUT2D eigenvalue weighted by atomic mass is 10.6. The first-order valence-electron chi connectivity index (χ1n) is 2.14. The highest BCUT2D eigenvalue weighted by Crippen LogP contribution is 1.86. The third kappa shape index (κ3) is 5.83. The first kappa shape index (κ1) is 7.83. The maximum absolute atomic E-state index is 4.91. The quantitative estimate of drug-likeness (QED) is 0.394. The Morgan fingerprint density at radius 1 is 1.88 bits per heavy atom. The fraction of sp³-hybridized carbons (Fsp3) is 0.333. The molecule has 0 unspecified atom stereocenters. The van der Waals surface area contributed by atoms with Gasteiger partial charge in [0, 0.05) is 22.6 Å². The molecule has 0 atom stereocenters. The number of allylic oxidation sites excluding steroid dienone is 1. The van der Waals surface area contributed by atoms with Crippen LogP contribution in [-0.4, -0.2) is 6.61 Å². The third-order valence-electron chi connectivity index (χ3n) is 0.458. The molecule has 0 aromatic rings. The fourth-order valence-corrected chi connectivity index (χ4v) is 0.342. The second-order valence-electron chi connectivity index (χ2n) is 1.26. The second-order valence-corrected chi connectivity index (χ2v) is 1.80. The predicted octanol–water partition coefficient (Wildman–Crippen LogP) is 1.93. The lowest BCUT2D eigenvalue weighted by molar-refractivity contribution is 0.257. The summed E-state index contributed by atoms with van der Waals surface area (Å²) in [5.41, 5.74) is 0. The standard InChI is InChI=1S/C6H7IO/c1-6(2)8-5-3-4-7/h1,5H2,2H3. The van der Waals surface area contributed by atoms with Gasteiger partial charge in [0.05, 0.1) is 5.76 Å². The van der Waals surface area contributed by atoms with Crippen molar-refractivity contribution in [3.63, 3.8) is 0 Å². The lowest BCUT2D eigenvalue weighted by Gasteiger charge is -1.95. The molecule has 8 heavy (non-hydrogen) atoms. The molecule has 0 spiro atoms. The normalized spacial score (nSPS) is 6.75. The van der Waals surface area contributed by atoms with Gasteiger partial charge in [-0.25, -0.2) is 0 Å². The van der Waals surface area contributed by atoms with E-state index in [1.807, 2.05) is 22.6 Å². The van der Waals surface area contributed by atoms with E-state index in [1.54, 1.807) is 6.92 Å². The SMILES string of the molecule is C=C(C)OCC#CI. The minimum Gasteiger partial charge on any atom is -0.486 e. The maximum Gasteiger partial charge on any atom is 0.149 e. The molecule has 0 aliphatic carbocycles. The highest BCUT2D eigenvalue weighted by molar-refractivity contribution is 14.1. The van der Waals surface area contributed by atoms with E-state index in [1.165, 1.54) is 0 Å². The molecule has 0 rings (SSSR count). The molecule has 0 bridgehead atoms. The zero-order valence-electron chi connectivity index (χ0n) is 4.70. The summed E-state index contributed by atoms with van der Waals surface area (Å²) in [6, 6.07) is 0. The Kier molecular flexibility index (Phi) is 4.87. The predicted molar refractivity (Wildman–Crippen MR) is 42.6 cm³/mol. The average Bonchev–Trinajstić information content (AvgIpc) is 1.66. The molecule has 1 nitrogen and oxygen atoms in total. The molecule has 0 aromatic heterocycles. The van der Waals surface area contributed by atoms with Crippen LogP contribution in [0.25, 0.3) is 0 Å². The van der Waals surface area contributed by atoms with Crippen molar-refractivity contribution in [1.29, 1.82) is 0 Å². The van der Waals surface area contributed by atoms with Gasteiger partial charge in [-0.05, 0) is 10.9 Å². The van der Waals surface area contributed by atoms with E-state index in [9.17, 15) is 0 Å². The minimum absolute atomic E-state index is 0.457. The van der Waals surface area contributed by atoms with Gasteiger partial charge >= 0.3 is 0 Å². The van der Waals surface area contributed by atoms with Gasteiger partial charge in [-0.3, -0.25) is 0 Å². The summed E-state index contributed by atoms with van der Waals surface area (Å²) < 4.78 is 7.59. The van der Waals surface area contributed by atoms with E-state index >= 15 is 0 Å². The summed E-state index contributed by atoms with van der Waals surface area (Å²) in [5, 5.41) is 0. The second kappa shape index (κ2) is 4.98. The highest BCUT2D eigenvalue weighted by atomic mass is 127. The van der Waals surface area contributed by atoms with E-state index in [0.717, 1.165) is 0 Å². The molecular formula is C6H7IO. The van der Waals surface area contributed by atoms with Gasteiger partial charge in [-0.15, -0.1) is 0 Å².